The Labute approximate surface area is 113 Å². The predicted molar refractivity (Wildman–Crippen MR) is 72.7 cm³/mol. The molecule has 2 atom stereocenters. The average molecular weight is 263 g/mol. The molecule has 0 spiro atoms. The van der Waals surface area contributed by atoms with Crippen molar-refractivity contribution < 1.29 is 4.52 Å². The number of rotatable bonds is 6. The smallest absolute Gasteiger partial charge is 0.238 e. The van der Waals surface area contributed by atoms with Crippen molar-refractivity contribution in [1.82, 2.24) is 25.0 Å². The second-order valence-corrected chi connectivity index (χ2v) is 4.68. The molecule has 0 saturated carbocycles. The second-order valence-electron chi connectivity index (χ2n) is 4.68. The zero-order valence-electron chi connectivity index (χ0n) is 11.9. The Morgan fingerprint density at radius 2 is 2.21 bits per heavy atom. The Morgan fingerprint density at radius 1 is 1.42 bits per heavy atom. The third-order valence-corrected chi connectivity index (χ3v) is 3.36. The monoisotopic (exact) mass is 263 g/mol. The molecule has 2 unspecified atom stereocenters. The number of aromatic nitrogens is 4. The zero-order chi connectivity index (χ0) is 13.8. The van der Waals surface area contributed by atoms with E-state index in [0.717, 1.165) is 18.8 Å². The van der Waals surface area contributed by atoms with Gasteiger partial charge in [0.05, 0.1) is 5.92 Å². The van der Waals surface area contributed by atoms with E-state index in [4.69, 9.17) is 4.52 Å². The highest BCUT2D eigenvalue weighted by Crippen LogP contribution is 2.22. The minimum Gasteiger partial charge on any atom is -0.339 e. The van der Waals surface area contributed by atoms with Gasteiger partial charge in [0.2, 0.25) is 11.7 Å². The van der Waals surface area contributed by atoms with Crippen molar-refractivity contribution in [1.29, 1.82) is 0 Å². The highest BCUT2D eigenvalue weighted by atomic mass is 16.5. The van der Waals surface area contributed by atoms with E-state index >= 15 is 0 Å². The van der Waals surface area contributed by atoms with Crippen LogP contribution in [-0.4, -0.2) is 32.3 Å². The molecule has 0 bridgehead atoms. The lowest BCUT2D eigenvalue weighted by Gasteiger charge is -2.20. The molecule has 0 fully saturated rings. The number of hydrogen-bond donors (Lipinski definition) is 1. The Bertz CT molecular complexity index is 519. The highest BCUT2D eigenvalue weighted by molar-refractivity contribution is 5.42. The molecule has 0 aromatic carbocycles. The normalized spacial score (nSPS) is 14.5. The van der Waals surface area contributed by atoms with Crippen LogP contribution in [0.1, 0.15) is 39.0 Å². The highest BCUT2D eigenvalue weighted by Gasteiger charge is 2.23. The van der Waals surface area contributed by atoms with Crippen LogP contribution in [0.5, 0.6) is 0 Å². The molecule has 6 heteroatoms. The summed E-state index contributed by atoms with van der Waals surface area (Å²) < 4.78 is 7.26. The standard InChI is InChI=1S/C13H21N5O/c1-5-10(14-6-2)9(3)13-16-11(17-19-13)12-15-7-8-18(12)4/h7-10,14H,5-6H2,1-4H3. The molecule has 2 aromatic heterocycles. The molecule has 6 nitrogen and oxygen atoms in total. The lowest BCUT2D eigenvalue weighted by molar-refractivity contribution is 0.321. The largest absolute Gasteiger partial charge is 0.339 e. The van der Waals surface area contributed by atoms with E-state index in [-0.39, 0.29) is 5.92 Å². The summed E-state index contributed by atoms with van der Waals surface area (Å²) in [4.78, 5) is 8.69. The van der Waals surface area contributed by atoms with Crippen molar-refractivity contribution in [2.24, 2.45) is 7.05 Å². The fraction of sp³-hybridized carbons (Fsp3) is 0.615. The van der Waals surface area contributed by atoms with Crippen LogP contribution in [0, 0.1) is 0 Å². The van der Waals surface area contributed by atoms with Gasteiger partial charge >= 0.3 is 0 Å². The topological polar surface area (TPSA) is 68.8 Å². The lowest BCUT2D eigenvalue weighted by Crippen LogP contribution is -2.33. The molecule has 19 heavy (non-hydrogen) atoms. The van der Waals surface area contributed by atoms with Crippen LogP contribution in [0.15, 0.2) is 16.9 Å². The molecule has 2 aromatic rings. The van der Waals surface area contributed by atoms with Gasteiger partial charge in [-0.15, -0.1) is 0 Å². The molecule has 0 amide bonds. The van der Waals surface area contributed by atoms with Crippen molar-refractivity contribution in [3.8, 4) is 11.6 Å². The lowest BCUT2D eigenvalue weighted by atomic mass is 9.99. The molecule has 0 aliphatic carbocycles. The van der Waals surface area contributed by atoms with Gasteiger partial charge in [-0.05, 0) is 13.0 Å². The van der Waals surface area contributed by atoms with Crippen molar-refractivity contribution >= 4 is 0 Å². The van der Waals surface area contributed by atoms with Crippen LogP contribution in [0.25, 0.3) is 11.6 Å². The summed E-state index contributed by atoms with van der Waals surface area (Å²) in [6.45, 7) is 7.29. The van der Waals surface area contributed by atoms with Crippen molar-refractivity contribution in [2.75, 3.05) is 6.54 Å². The van der Waals surface area contributed by atoms with E-state index in [1.165, 1.54) is 0 Å². The SMILES string of the molecule is CCNC(CC)C(C)c1nc(-c2nccn2C)no1. The predicted octanol–water partition coefficient (Wildman–Crippen LogP) is 1.96. The maximum absolute atomic E-state index is 5.38. The minimum absolute atomic E-state index is 0.187. The van der Waals surface area contributed by atoms with Crippen molar-refractivity contribution in [3.05, 3.63) is 18.3 Å². The molecule has 1 N–H and O–H groups in total. The third kappa shape index (κ3) is 2.84. The summed E-state index contributed by atoms with van der Waals surface area (Å²) in [6, 6.07) is 0.347. The van der Waals surface area contributed by atoms with Crippen molar-refractivity contribution in [3.63, 3.8) is 0 Å². The summed E-state index contributed by atoms with van der Waals surface area (Å²) in [5, 5.41) is 7.46. The van der Waals surface area contributed by atoms with E-state index in [0.29, 0.717) is 17.8 Å². The molecule has 2 rings (SSSR count). The van der Waals surface area contributed by atoms with Crippen LogP contribution in [0.3, 0.4) is 0 Å². The van der Waals surface area contributed by atoms with Crippen LogP contribution in [0.4, 0.5) is 0 Å². The van der Waals surface area contributed by atoms with E-state index in [1.807, 2.05) is 17.8 Å². The number of nitrogens with zero attached hydrogens (tertiary/aromatic N) is 4. The number of imidazole rings is 1. The van der Waals surface area contributed by atoms with E-state index in [1.54, 1.807) is 6.20 Å². The molecule has 0 saturated heterocycles. The number of likely N-dealkylation sites (N-methyl/N-ethyl adjacent to an activating group) is 1. The maximum atomic E-state index is 5.38. The van der Waals surface area contributed by atoms with Gasteiger partial charge in [-0.1, -0.05) is 25.9 Å². The van der Waals surface area contributed by atoms with Gasteiger partial charge in [-0.2, -0.15) is 4.98 Å². The minimum atomic E-state index is 0.187. The van der Waals surface area contributed by atoms with E-state index in [2.05, 4.69) is 41.2 Å². The van der Waals surface area contributed by atoms with Gasteiger partial charge in [-0.3, -0.25) is 0 Å². The third-order valence-electron chi connectivity index (χ3n) is 3.36. The summed E-state index contributed by atoms with van der Waals surface area (Å²) in [5.41, 5.74) is 0. The number of aryl methyl sites for hydroxylation is 1. The first kappa shape index (κ1) is 13.7. The van der Waals surface area contributed by atoms with E-state index in [9.17, 15) is 0 Å². The second kappa shape index (κ2) is 5.97. The van der Waals surface area contributed by atoms with Gasteiger partial charge in [0.1, 0.15) is 0 Å². The van der Waals surface area contributed by atoms with Crippen LogP contribution in [-0.2, 0) is 7.05 Å². The van der Waals surface area contributed by atoms with Crippen molar-refractivity contribution in [2.45, 2.75) is 39.2 Å². The molecule has 104 valence electrons. The van der Waals surface area contributed by atoms with Crippen LogP contribution < -0.4 is 5.32 Å². The molecule has 0 aliphatic heterocycles. The first-order valence-electron chi connectivity index (χ1n) is 6.72. The quantitative estimate of drug-likeness (QED) is 0.862. The molecule has 2 heterocycles. The zero-order valence-corrected chi connectivity index (χ0v) is 11.9. The van der Waals surface area contributed by atoms with E-state index < -0.39 is 0 Å². The Hall–Kier alpha value is -1.69. The number of nitrogens with one attached hydrogen (secondary N) is 1. The fourth-order valence-electron chi connectivity index (χ4n) is 2.20. The first-order valence-corrected chi connectivity index (χ1v) is 6.72. The Morgan fingerprint density at radius 3 is 2.79 bits per heavy atom. The molecule has 0 aliphatic rings. The fourth-order valence-corrected chi connectivity index (χ4v) is 2.20. The van der Waals surface area contributed by atoms with Gasteiger partial charge < -0.3 is 14.4 Å². The van der Waals surface area contributed by atoms with Gasteiger partial charge in [0, 0.05) is 25.5 Å². The summed E-state index contributed by atoms with van der Waals surface area (Å²) in [5.74, 6) is 2.11. The van der Waals surface area contributed by atoms with Gasteiger partial charge in [0.25, 0.3) is 0 Å². The maximum Gasteiger partial charge on any atom is 0.238 e. The first-order chi connectivity index (χ1) is 9.17. The summed E-state index contributed by atoms with van der Waals surface area (Å²) in [6.07, 6.45) is 4.61. The Kier molecular flexibility index (Phi) is 4.31. The molecule has 0 radical (unpaired) electrons. The van der Waals surface area contributed by atoms with Crippen LogP contribution in [0.2, 0.25) is 0 Å². The summed E-state index contributed by atoms with van der Waals surface area (Å²) >= 11 is 0. The molecular formula is C13H21N5O. The molecular weight excluding hydrogens is 242 g/mol. The van der Waals surface area contributed by atoms with Crippen LogP contribution >= 0.6 is 0 Å². The van der Waals surface area contributed by atoms with Gasteiger partial charge in [0.15, 0.2) is 5.82 Å². The average Bonchev–Trinajstić information content (AvgIpc) is 3.03. The summed E-state index contributed by atoms with van der Waals surface area (Å²) in [7, 11) is 1.91. The Balaban J connectivity index is 2.19. The van der Waals surface area contributed by atoms with Gasteiger partial charge in [-0.25, -0.2) is 4.98 Å². The number of hydrogen-bond acceptors (Lipinski definition) is 5.